The van der Waals surface area contributed by atoms with E-state index < -0.39 is 5.82 Å². The number of rotatable bonds is 5. The van der Waals surface area contributed by atoms with Gasteiger partial charge < -0.3 is 15.4 Å². The van der Waals surface area contributed by atoms with E-state index >= 15 is 0 Å². The van der Waals surface area contributed by atoms with Crippen LogP contribution >= 0.6 is 0 Å². The second-order valence-corrected chi connectivity index (χ2v) is 5.04. The molecule has 1 fully saturated rings. The van der Waals surface area contributed by atoms with Crippen molar-refractivity contribution in [3.8, 4) is 5.75 Å². The highest BCUT2D eigenvalue weighted by Gasteiger charge is 2.13. The smallest absolute Gasteiger partial charge is 0.251 e. The van der Waals surface area contributed by atoms with Crippen LogP contribution in [0.5, 0.6) is 5.75 Å². The largest absolute Gasteiger partial charge is 0.494 e. The molecule has 1 amide bonds. The summed E-state index contributed by atoms with van der Waals surface area (Å²) in [4.78, 5) is 12.0. The van der Waals surface area contributed by atoms with Gasteiger partial charge in [-0.25, -0.2) is 4.39 Å². The van der Waals surface area contributed by atoms with Crippen molar-refractivity contribution in [2.45, 2.75) is 31.7 Å². The first-order chi connectivity index (χ1) is 9.70. The highest BCUT2D eigenvalue weighted by Crippen LogP contribution is 2.18. The van der Waals surface area contributed by atoms with E-state index in [1.165, 1.54) is 44.6 Å². The molecule has 0 spiro atoms. The van der Waals surface area contributed by atoms with Gasteiger partial charge in [-0.15, -0.1) is 0 Å². The molecule has 0 aliphatic carbocycles. The van der Waals surface area contributed by atoms with Crippen LogP contribution in [0.15, 0.2) is 18.2 Å². The van der Waals surface area contributed by atoms with Gasteiger partial charge in [0.2, 0.25) is 0 Å². The van der Waals surface area contributed by atoms with Crippen LogP contribution in [0.4, 0.5) is 4.39 Å². The Labute approximate surface area is 118 Å². The van der Waals surface area contributed by atoms with Crippen LogP contribution in [-0.4, -0.2) is 32.1 Å². The van der Waals surface area contributed by atoms with Gasteiger partial charge in [0.1, 0.15) is 0 Å². The maximum absolute atomic E-state index is 13.3. The summed E-state index contributed by atoms with van der Waals surface area (Å²) in [6, 6.07) is 4.62. The molecule has 0 radical (unpaired) electrons. The number of hydrogen-bond donors (Lipinski definition) is 2. The number of nitrogens with one attached hydrogen (secondary N) is 2. The van der Waals surface area contributed by atoms with Crippen LogP contribution in [0.2, 0.25) is 0 Å². The summed E-state index contributed by atoms with van der Waals surface area (Å²) in [6.45, 7) is 1.68. The summed E-state index contributed by atoms with van der Waals surface area (Å²) < 4.78 is 18.1. The number of carbonyl (C=O) groups excluding carboxylic acids is 1. The van der Waals surface area contributed by atoms with E-state index in [1.54, 1.807) is 0 Å². The van der Waals surface area contributed by atoms with E-state index in [0.29, 0.717) is 18.2 Å². The predicted octanol–water partition coefficient (Wildman–Crippen LogP) is 2.10. The van der Waals surface area contributed by atoms with Crippen molar-refractivity contribution in [2.24, 2.45) is 0 Å². The number of halogens is 1. The van der Waals surface area contributed by atoms with Crippen LogP contribution in [0.25, 0.3) is 0 Å². The van der Waals surface area contributed by atoms with E-state index in [9.17, 15) is 9.18 Å². The third kappa shape index (κ3) is 3.93. The molecule has 1 heterocycles. The molecular weight excluding hydrogens is 259 g/mol. The fourth-order valence-corrected chi connectivity index (χ4v) is 2.43. The summed E-state index contributed by atoms with van der Waals surface area (Å²) in [6.07, 6.45) is 4.57. The van der Waals surface area contributed by atoms with Gasteiger partial charge in [0, 0.05) is 18.2 Å². The average Bonchev–Trinajstić information content (AvgIpc) is 2.48. The van der Waals surface area contributed by atoms with Crippen molar-refractivity contribution in [1.82, 2.24) is 10.6 Å². The minimum Gasteiger partial charge on any atom is -0.494 e. The lowest BCUT2D eigenvalue weighted by Crippen LogP contribution is -2.37. The molecule has 1 atom stereocenters. The normalized spacial score (nSPS) is 18.6. The van der Waals surface area contributed by atoms with Crippen LogP contribution in [0, 0.1) is 5.82 Å². The lowest BCUT2D eigenvalue weighted by Gasteiger charge is -2.23. The molecule has 0 saturated carbocycles. The SMILES string of the molecule is COc1cc(C(=O)NCCC2CCCCN2)ccc1F. The molecular formula is C15H21FN2O2. The van der Waals surface area contributed by atoms with Crippen molar-refractivity contribution in [2.75, 3.05) is 20.2 Å². The van der Waals surface area contributed by atoms with Crippen molar-refractivity contribution < 1.29 is 13.9 Å². The molecule has 4 nitrogen and oxygen atoms in total. The van der Waals surface area contributed by atoms with Crippen LogP contribution in [-0.2, 0) is 0 Å². The molecule has 1 aromatic rings. The lowest BCUT2D eigenvalue weighted by atomic mass is 10.0. The Morgan fingerprint density at radius 3 is 3.05 bits per heavy atom. The zero-order valence-electron chi connectivity index (χ0n) is 11.7. The molecule has 1 aliphatic rings. The molecule has 1 aliphatic heterocycles. The van der Waals surface area contributed by atoms with Crippen LogP contribution in [0.1, 0.15) is 36.0 Å². The first-order valence-corrected chi connectivity index (χ1v) is 7.06. The Bertz CT molecular complexity index is 459. The Balaban J connectivity index is 1.82. The monoisotopic (exact) mass is 280 g/mol. The molecule has 1 aromatic carbocycles. The Morgan fingerprint density at radius 2 is 2.35 bits per heavy atom. The van der Waals surface area contributed by atoms with E-state index in [0.717, 1.165) is 13.0 Å². The molecule has 0 bridgehead atoms. The number of piperidine rings is 1. The molecule has 20 heavy (non-hydrogen) atoms. The van der Waals surface area contributed by atoms with Gasteiger partial charge in [-0.2, -0.15) is 0 Å². The first-order valence-electron chi connectivity index (χ1n) is 7.06. The second-order valence-electron chi connectivity index (χ2n) is 5.04. The standard InChI is InChI=1S/C15H21FN2O2/c1-20-14-10-11(5-6-13(14)16)15(19)18-9-7-12-4-2-3-8-17-12/h5-6,10,12,17H,2-4,7-9H2,1H3,(H,18,19). The molecule has 2 N–H and O–H groups in total. The van der Waals surface area contributed by atoms with Crippen LogP contribution in [0.3, 0.4) is 0 Å². The fourth-order valence-electron chi connectivity index (χ4n) is 2.43. The van der Waals surface area contributed by atoms with Crippen molar-refractivity contribution in [3.05, 3.63) is 29.6 Å². The second kappa shape index (κ2) is 7.24. The van der Waals surface area contributed by atoms with Gasteiger partial charge in [-0.1, -0.05) is 6.42 Å². The summed E-state index contributed by atoms with van der Waals surface area (Å²) in [7, 11) is 1.38. The summed E-state index contributed by atoms with van der Waals surface area (Å²) in [5, 5.41) is 6.30. The minimum absolute atomic E-state index is 0.0894. The van der Waals surface area contributed by atoms with Gasteiger partial charge in [0.15, 0.2) is 11.6 Å². The number of benzene rings is 1. The molecule has 1 unspecified atom stereocenters. The number of ether oxygens (including phenoxy) is 1. The molecule has 0 aromatic heterocycles. The zero-order valence-corrected chi connectivity index (χ0v) is 11.7. The first kappa shape index (κ1) is 14.8. The Morgan fingerprint density at radius 1 is 1.50 bits per heavy atom. The summed E-state index contributed by atoms with van der Waals surface area (Å²) in [5.41, 5.74) is 0.417. The summed E-state index contributed by atoms with van der Waals surface area (Å²) in [5.74, 6) is -0.568. The Hall–Kier alpha value is -1.62. The highest BCUT2D eigenvalue weighted by atomic mass is 19.1. The third-order valence-electron chi connectivity index (χ3n) is 3.60. The summed E-state index contributed by atoms with van der Waals surface area (Å²) >= 11 is 0. The van der Waals surface area contributed by atoms with Gasteiger partial charge >= 0.3 is 0 Å². The van der Waals surface area contributed by atoms with Crippen molar-refractivity contribution in [1.29, 1.82) is 0 Å². The maximum Gasteiger partial charge on any atom is 0.251 e. The Kier molecular flexibility index (Phi) is 5.35. The number of amides is 1. The van der Waals surface area contributed by atoms with Crippen LogP contribution < -0.4 is 15.4 Å². The quantitative estimate of drug-likeness (QED) is 0.868. The molecule has 110 valence electrons. The van der Waals surface area contributed by atoms with Gasteiger partial charge in [0.05, 0.1) is 7.11 Å². The number of methoxy groups -OCH3 is 1. The number of carbonyl (C=O) groups is 1. The van der Waals surface area contributed by atoms with Gasteiger partial charge in [-0.3, -0.25) is 4.79 Å². The molecule has 2 rings (SSSR count). The lowest BCUT2D eigenvalue weighted by molar-refractivity contribution is 0.0951. The number of hydrogen-bond acceptors (Lipinski definition) is 3. The third-order valence-corrected chi connectivity index (χ3v) is 3.60. The zero-order chi connectivity index (χ0) is 14.4. The maximum atomic E-state index is 13.3. The highest BCUT2D eigenvalue weighted by molar-refractivity contribution is 5.94. The topological polar surface area (TPSA) is 50.4 Å². The predicted molar refractivity (Wildman–Crippen MR) is 75.5 cm³/mol. The average molecular weight is 280 g/mol. The fraction of sp³-hybridized carbons (Fsp3) is 0.533. The molecule has 1 saturated heterocycles. The van der Waals surface area contributed by atoms with Crippen molar-refractivity contribution in [3.63, 3.8) is 0 Å². The van der Waals surface area contributed by atoms with E-state index in [2.05, 4.69) is 10.6 Å². The van der Waals surface area contributed by atoms with E-state index in [1.807, 2.05) is 0 Å². The molecule has 5 heteroatoms. The van der Waals surface area contributed by atoms with Gasteiger partial charge in [-0.05, 0) is 44.0 Å². The van der Waals surface area contributed by atoms with Gasteiger partial charge in [0.25, 0.3) is 5.91 Å². The van der Waals surface area contributed by atoms with E-state index in [4.69, 9.17) is 4.74 Å². The van der Waals surface area contributed by atoms with Crippen molar-refractivity contribution >= 4 is 5.91 Å². The minimum atomic E-state index is -0.463. The van der Waals surface area contributed by atoms with E-state index in [-0.39, 0.29) is 11.7 Å².